The van der Waals surface area contributed by atoms with Crippen molar-refractivity contribution in [2.24, 2.45) is 0 Å². The lowest BCUT2D eigenvalue weighted by atomic mass is 10.0. The van der Waals surface area contributed by atoms with E-state index in [1.807, 2.05) is 13.0 Å². The topological polar surface area (TPSA) is 31.1 Å². The molecule has 1 aromatic carbocycles. The van der Waals surface area contributed by atoms with Crippen molar-refractivity contribution >= 4 is 10.9 Å². The average Bonchev–Trinajstić information content (AvgIpc) is 2.67. The molecule has 0 amide bonds. The lowest BCUT2D eigenvalue weighted by molar-refractivity contribution is 0.241. The maximum atomic E-state index is 13.8. The monoisotopic (exact) mass is 247 g/mol. The third-order valence-electron chi connectivity index (χ3n) is 3.75. The lowest BCUT2D eigenvalue weighted by Gasteiger charge is -2.31. The number of aromatic amines is 1. The molecule has 2 aromatic rings. The number of piperazine rings is 1. The van der Waals surface area contributed by atoms with E-state index >= 15 is 0 Å². The Labute approximate surface area is 106 Å². The van der Waals surface area contributed by atoms with Crippen molar-refractivity contribution in [2.75, 3.05) is 26.7 Å². The first-order valence-corrected chi connectivity index (χ1v) is 6.35. The Bertz CT molecular complexity index is 576. The molecule has 0 radical (unpaired) electrons. The van der Waals surface area contributed by atoms with E-state index in [2.05, 4.69) is 22.2 Å². The molecule has 0 bridgehead atoms. The number of hydrogen-bond donors (Lipinski definition) is 2. The van der Waals surface area contributed by atoms with E-state index in [4.69, 9.17) is 0 Å². The first-order chi connectivity index (χ1) is 8.66. The summed E-state index contributed by atoms with van der Waals surface area (Å²) in [5, 5.41) is 4.52. The number of fused-ring (bicyclic) bond motifs is 1. The first kappa shape index (κ1) is 11.7. The number of aryl methyl sites for hydroxylation is 1. The summed E-state index contributed by atoms with van der Waals surface area (Å²) >= 11 is 0. The van der Waals surface area contributed by atoms with Crippen LogP contribution in [0.5, 0.6) is 0 Å². The Hall–Kier alpha value is -1.39. The summed E-state index contributed by atoms with van der Waals surface area (Å²) in [7, 11) is 2.12. The van der Waals surface area contributed by atoms with Crippen molar-refractivity contribution in [3.63, 3.8) is 0 Å². The predicted molar refractivity (Wildman–Crippen MR) is 71.2 cm³/mol. The molecule has 96 valence electrons. The molecule has 1 aliphatic rings. The second-order valence-electron chi connectivity index (χ2n) is 5.10. The molecule has 3 nitrogen and oxygen atoms in total. The minimum Gasteiger partial charge on any atom is -0.356 e. The predicted octanol–water partition coefficient (Wildman–Crippen LogP) is 2.19. The van der Waals surface area contributed by atoms with Gasteiger partial charge in [-0.1, -0.05) is 12.1 Å². The lowest BCUT2D eigenvalue weighted by Crippen LogP contribution is -2.43. The normalized spacial score (nSPS) is 21.6. The van der Waals surface area contributed by atoms with Gasteiger partial charge in [0.25, 0.3) is 0 Å². The van der Waals surface area contributed by atoms with Crippen LogP contribution in [0, 0.1) is 12.7 Å². The molecule has 0 saturated carbocycles. The number of nitrogens with zero attached hydrogens (tertiary/aromatic N) is 1. The van der Waals surface area contributed by atoms with E-state index in [9.17, 15) is 4.39 Å². The number of likely N-dealkylation sites (N-methyl/N-ethyl adjacent to an activating group) is 1. The minimum atomic E-state index is -0.175. The fraction of sp³-hybridized carbons (Fsp3) is 0.429. The third kappa shape index (κ3) is 1.82. The van der Waals surface area contributed by atoms with Crippen LogP contribution < -0.4 is 5.32 Å². The Morgan fingerprint density at radius 3 is 3.00 bits per heavy atom. The van der Waals surface area contributed by atoms with Crippen LogP contribution >= 0.6 is 0 Å². The van der Waals surface area contributed by atoms with Gasteiger partial charge >= 0.3 is 0 Å². The number of H-pyrrole nitrogens is 1. The number of benzene rings is 1. The summed E-state index contributed by atoms with van der Waals surface area (Å²) in [6.45, 7) is 5.02. The van der Waals surface area contributed by atoms with Crippen molar-refractivity contribution in [1.82, 2.24) is 15.2 Å². The van der Waals surface area contributed by atoms with Crippen molar-refractivity contribution < 1.29 is 4.39 Å². The van der Waals surface area contributed by atoms with Gasteiger partial charge in [0.2, 0.25) is 0 Å². The van der Waals surface area contributed by atoms with E-state index in [-0.39, 0.29) is 11.9 Å². The van der Waals surface area contributed by atoms with Gasteiger partial charge in [0, 0.05) is 36.8 Å². The van der Waals surface area contributed by atoms with Gasteiger partial charge in [0.15, 0.2) is 0 Å². The van der Waals surface area contributed by atoms with E-state index in [0.29, 0.717) is 5.52 Å². The minimum absolute atomic E-state index is 0.175. The molecule has 1 saturated heterocycles. The summed E-state index contributed by atoms with van der Waals surface area (Å²) in [4.78, 5) is 5.48. The van der Waals surface area contributed by atoms with Crippen LogP contribution in [-0.2, 0) is 0 Å². The highest BCUT2D eigenvalue weighted by molar-refractivity contribution is 5.85. The first-order valence-electron chi connectivity index (χ1n) is 6.35. The molecule has 0 aliphatic carbocycles. The van der Waals surface area contributed by atoms with Crippen molar-refractivity contribution in [3.8, 4) is 0 Å². The quantitative estimate of drug-likeness (QED) is 0.809. The number of rotatable bonds is 1. The molecule has 1 aliphatic heterocycles. The van der Waals surface area contributed by atoms with E-state index in [1.165, 1.54) is 11.6 Å². The van der Waals surface area contributed by atoms with Gasteiger partial charge < -0.3 is 15.2 Å². The highest BCUT2D eigenvalue weighted by Crippen LogP contribution is 2.30. The van der Waals surface area contributed by atoms with Gasteiger partial charge in [-0.15, -0.1) is 0 Å². The van der Waals surface area contributed by atoms with Crippen LogP contribution in [0.3, 0.4) is 0 Å². The standard InChI is InChI=1S/C14H18FN3/c1-9-13(12-8-18(2)7-6-16-12)10-4-3-5-11(15)14(10)17-9/h3-5,12,16-17H,6-8H2,1-2H3. The molecule has 0 spiro atoms. The van der Waals surface area contributed by atoms with Crippen LogP contribution in [0.4, 0.5) is 4.39 Å². The van der Waals surface area contributed by atoms with Gasteiger partial charge in [-0.3, -0.25) is 0 Å². The molecule has 1 aromatic heterocycles. The number of aromatic nitrogens is 1. The van der Waals surface area contributed by atoms with E-state index in [0.717, 1.165) is 30.7 Å². The van der Waals surface area contributed by atoms with Gasteiger partial charge in [-0.25, -0.2) is 4.39 Å². The zero-order chi connectivity index (χ0) is 12.7. The molecular formula is C14H18FN3. The average molecular weight is 247 g/mol. The molecule has 1 fully saturated rings. The molecule has 4 heteroatoms. The fourth-order valence-corrected chi connectivity index (χ4v) is 2.87. The Morgan fingerprint density at radius 2 is 2.22 bits per heavy atom. The highest BCUT2D eigenvalue weighted by Gasteiger charge is 2.23. The van der Waals surface area contributed by atoms with Crippen molar-refractivity contribution in [3.05, 3.63) is 35.3 Å². The maximum Gasteiger partial charge on any atom is 0.147 e. The number of para-hydroxylation sites is 1. The Kier molecular flexibility index (Phi) is 2.84. The fourth-order valence-electron chi connectivity index (χ4n) is 2.87. The Morgan fingerprint density at radius 1 is 1.39 bits per heavy atom. The number of hydrogen-bond acceptors (Lipinski definition) is 2. The van der Waals surface area contributed by atoms with Crippen LogP contribution in [0.25, 0.3) is 10.9 Å². The van der Waals surface area contributed by atoms with Crippen LogP contribution in [0.1, 0.15) is 17.3 Å². The molecule has 2 heterocycles. The molecule has 1 unspecified atom stereocenters. The molecule has 2 N–H and O–H groups in total. The zero-order valence-corrected chi connectivity index (χ0v) is 10.8. The summed E-state index contributed by atoms with van der Waals surface area (Å²) in [5.41, 5.74) is 2.89. The zero-order valence-electron chi connectivity index (χ0n) is 10.8. The molecule has 1 atom stereocenters. The maximum absolute atomic E-state index is 13.8. The second-order valence-corrected chi connectivity index (χ2v) is 5.10. The summed E-state index contributed by atoms with van der Waals surface area (Å²) in [6.07, 6.45) is 0. The summed E-state index contributed by atoms with van der Waals surface area (Å²) in [5.74, 6) is -0.175. The van der Waals surface area contributed by atoms with E-state index in [1.54, 1.807) is 6.07 Å². The molecular weight excluding hydrogens is 229 g/mol. The van der Waals surface area contributed by atoms with Gasteiger partial charge in [0.05, 0.1) is 5.52 Å². The molecule has 18 heavy (non-hydrogen) atoms. The van der Waals surface area contributed by atoms with Gasteiger partial charge in [-0.05, 0) is 25.6 Å². The van der Waals surface area contributed by atoms with Crippen LogP contribution in [0.15, 0.2) is 18.2 Å². The number of halogens is 1. The number of nitrogens with one attached hydrogen (secondary N) is 2. The second kappa shape index (κ2) is 4.37. The molecule has 3 rings (SSSR count). The van der Waals surface area contributed by atoms with Gasteiger partial charge in [-0.2, -0.15) is 0 Å². The SMILES string of the molecule is Cc1[nH]c2c(F)cccc2c1C1CN(C)CCN1. The van der Waals surface area contributed by atoms with E-state index < -0.39 is 0 Å². The Balaban J connectivity index is 2.10. The third-order valence-corrected chi connectivity index (χ3v) is 3.75. The smallest absolute Gasteiger partial charge is 0.147 e. The highest BCUT2D eigenvalue weighted by atomic mass is 19.1. The summed E-state index contributed by atoms with van der Waals surface area (Å²) < 4.78 is 13.8. The van der Waals surface area contributed by atoms with Crippen LogP contribution in [-0.4, -0.2) is 36.6 Å². The van der Waals surface area contributed by atoms with Crippen molar-refractivity contribution in [2.45, 2.75) is 13.0 Å². The summed E-state index contributed by atoms with van der Waals surface area (Å²) in [6, 6.07) is 5.55. The van der Waals surface area contributed by atoms with Crippen molar-refractivity contribution in [1.29, 1.82) is 0 Å². The van der Waals surface area contributed by atoms with Gasteiger partial charge in [0.1, 0.15) is 5.82 Å². The van der Waals surface area contributed by atoms with Crippen LogP contribution in [0.2, 0.25) is 0 Å². The largest absolute Gasteiger partial charge is 0.356 e.